The molecule has 2 aromatic carbocycles. The van der Waals surface area contributed by atoms with Crippen LogP contribution in [0, 0.1) is 6.92 Å². The van der Waals surface area contributed by atoms with Crippen molar-refractivity contribution < 1.29 is 4.74 Å². The lowest BCUT2D eigenvalue weighted by molar-refractivity contribution is 0.361. The number of nitrogens with one attached hydrogen (secondary N) is 1. The summed E-state index contributed by atoms with van der Waals surface area (Å²) in [6.07, 6.45) is 0.382. The van der Waals surface area contributed by atoms with E-state index in [1.807, 2.05) is 38.1 Å². The molecular formula is C23H21Cl2N4O2. The van der Waals surface area contributed by atoms with E-state index in [0.29, 0.717) is 51.3 Å². The van der Waals surface area contributed by atoms with Crippen LogP contribution in [0.25, 0.3) is 16.7 Å². The van der Waals surface area contributed by atoms with Gasteiger partial charge in [0.15, 0.2) is 5.65 Å². The second-order valence-corrected chi connectivity index (χ2v) is 8.21. The number of nitrogens with zero attached hydrogens (tertiary/aromatic N) is 3. The van der Waals surface area contributed by atoms with Gasteiger partial charge in [0, 0.05) is 6.42 Å². The molecule has 0 spiro atoms. The van der Waals surface area contributed by atoms with Crippen LogP contribution in [0.3, 0.4) is 0 Å². The highest BCUT2D eigenvalue weighted by atomic mass is 35.5. The molecule has 2 heterocycles. The SMILES string of the molecule is [CH2]COc1ccc(Cc2nc3[nH]nc(C(C)C)c3c(=O)n2-c2c(Cl)cccc2Cl)cc1. The number of fused-ring (bicyclic) bond motifs is 1. The number of aromatic nitrogens is 4. The fourth-order valence-corrected chi connectivity index (χ4v) is 4.09. The number of H-pyrrole nitrogens is 1. The Morgan fingerprint density at radius 3 is 2.42 bits per heavy atom. The van der Waals surface area contributed by atoms with E-state index in [1.54, 1.807) is 18.2 Å². The quantitative estimate of drug-likeness (QED) is 0.425. The highest BCUT2D eigenvalue weighted by molar-refractivity contribution is 6.37. The Kier molecular flexibility index (Phi) is 6.03. The Morgan fingerprint density at radius 2 is 1.81 bits per heavy atom. The molecular weight excluding hydrogens is 435 g/mol. The van der Waals surface area contributed by atoms with Crippen molar-refractivity contribution in [2.24, 2.45) is 0 Å². The van der Waals surface area contributed by atoms with Crippen LogP contribution in [-0.2, 0) is 6.42 Å². The average molecular weight is 456 g/mol. The molecule has 4 rings (SSSR count). The molecule has 6 nitrogen and oxygen atoms in total. The number of rotatable bonds is 6. The molecule has 8 heteroatoms. The van der Waals surface area contributed by atoms with Crippen molar-refractivity contribution >= 4 is 34.2 Å². The Morgan fingerprint density at radius 1 is 1.13 bits per heavy atom. The van der Waals surface area contributed by atoms with Crippen molar-refractivity contribution in [1.29, 1.82) is 0 Å². The summed E-state index contributed by atoms with van der Waals surface area (Å²) in [5.74, 6) is 1.27. The van der Waals surface area contributed by atoms with Crippen molar-refractivity contribution in [3.63, 3.8) is 0 Å². The Bertz CT molecular complexity index is 1270. The molecule has 0 amide bonds. The second kappa shape index (κ2) is 8.73. The molecule has 159 valence electrons. The maximum Gasteiger partial charge on any atom is 0.269 e. The van der Waals surface area contributed by atoms with Crippen LogP contribution < -0.4 is 10.3 Å². The summed E-state index contributed by atoms with van der Waals surface area (Å²) in [6.45, 7) is 7.98. The van der Waals surface area contributed by atoms with E-state index in [1.165, 1.54) is 4.57 Å². The van der Waals surface area contributed by atoms with Crippen LogP contribution in [0.1, 0.15) is 36.8 Å². The molecule has 1 radical (unpaired) electrons. The first-order chi connectivity index (χ1) is 14.9. The normalized spacial score (nSPS) is 11.4. The summed E-state index contributed by atoms with van der Waals surface area (Å²) in [5, 5.41) is 8.40. The van der Waals surface area contributed by atoms with Crippen molar-refractivity contribution in [2.45, 2.75) is 26.2 Å². The van der Waals surface area contributed by atoms with Gasteiger partial charge in [-0.2, -0.15) is 5.10 Å². The highest BCUT2D eigenvalue weighted by Gasteiger charge is 2.22. The van der Waals surface area contributed by atoms with Gasteiger partial charge in [0.1, 0.15) is 17.0 Å². The summed E-state index contributed by atoms with van der Waals surface area (Å²) in [7, 11) is 0. The molecule has 0 saturated heterocycles. The predicted octanol–water partition coefficient (Wildman–Crippen LogP) is 5.34. The summed E-state index contributed by atoms with van der Waals surface area (Å²) in [4.78, 5) is 18.4. The van der Waals surface area contributed by atoms with Gasteiger partial charge in [-0.3, -0.25) is 14.5 Å². The van der Waals surface area contributed by atoms with Gasteiger partial charge >= 0.3 is 0 Å². The lowest BCUT2D eigenvalue weighted by atomic mass is 10.1. The van der Waals surface area contributed by atoms with Gasteiger partial charge in [-0.1, -0.05) is 55.2 Å². The van der Waals surface area contributed by atoms with Crippen LogP contribution >= 0.6 is 23.2 Å². The lowest BCUT2D eigenvalue weighted by Crippen LogP contribution is -2.25. The molecule has 0 aliphatic heterocycles. The second-order valence-electron chi connectivity index (χ2n) is 7.40. The molecule has 0 aliphatic rings. The van der Waals surface area contributed by atoms with Gasteiger partial charge in [0.2, 0.25) is 0 Å². The van der Waals surface area contributed by atoms with Gasteiger partial charge in [0.05, 0.1) is 28.0 Å². The smallest absolute Gasteiger partial charge is 0.269 e. The monoisotopic (exact) mass is 455 g/mol. The van der Waals surface area contributed by atoms with E-state index in [2.05, 4.69) is 17.1 Å². The van der Waals surface area contributed by atoms with E-state index >= 15 is 0 Å². The minimum atomic E-state index is -0.260. The zero-order chi connectivity index (χ0) is 22.1. The molecule has 0 bridgehead atoms. The number of halogens is 2. The van der Waals surface area contributed by atoms with Gasteiger partial charge in [-0.15, -0.1) is 0 Å². The molecule has 0 unspecified atom stereocenters. The lowest BCUT2D eigenvalue weighted by Gasteiger charge is -2.16. The Balaban J connectivity index is 1.94. The van der Waals surface area contributed by atoms with E-state index < -0.39 is 0 Å². The number of hydrogen-bond donors (Lipinski definition) is 1. The minimum Gasteiger partial charge on any atom is -0.494 e. The van der Waals surface area contributed by atoms with Gasteiger partial charge < -0.3 is 4.74 Å². The number of hydrogen-bond acceptors (Lipinski definition) is 4. The fourth-order valence-electron chi connectivity index (χ4n) is 3.52. The number of aromatic amines is 1. The molecule has 0 atom stereocenters. The predicted molar refractivity (Wildman–Crippen MR) is 124 cm³/mol. The first kappa shape index (κ1) is 21.4. The molecule has 1 N–H and O–H groups in total. The van der Waals surface area contributed by atoms with E-state index in [-0.39, 0.29) is 11.5 Å². The largest absolute Gasteiger partial charge is 0.494 e. The van der Waals surface area contributed by atoms with Crippen LogP contribution in [0.4, 0.5) is 0 Å². The Labute approximate surface area is 189 Å². The zero-order valence-corrected chi connectivity index (χ0v) is 18.7. The fraction of sp³-hybridized carbons (Fsp3) is 0.217. The maximum atomic E-state index is 13.7. The standard InChI is InChI=1S/C23H21Cl2N4O2/c1-4-31-15-10-8-14(9-11-15)12-18-26-22-19(20(13(2)3)27-28-22)23(30)29(18)21-16(24)6-5-7-17(21)25/h5-11,13H,1,4,12H2,2-3H3,(H,27,28). The molecule has 31 heavy (non-hydrogen) atoms. The van der Waals surface area contributed by atoms with E-state index in [4.69, 9.17) is 32.9 Å². The van der Waals surface area contributed by atoms with Gasteiger partial charge in [0.25, 0.3) is 5.56 Å². The number of ether oxygens (including phenoxy) is 1. The van der Waals surface area contributed by atoms with Crippen LogP contribution in [0.15, 0.2) is 47.3 Å². The third-order valence-corrected chi connectivity index (χ3v) is 5.56. The molecule has 0 fully saturated rings. The summed E-state index contributed by atoms with van der Waals surface area (Å²) in [6, 6.07) is 12.7. The summed E-state index contributed by atoms with van der Waals surface area (Å²) < 4.78 is 6.90. The third-order valence-electron chi connectivity index (χ3n) is 4.95. The first-order valence-electron chi connectivity index (χ1n) is 9.86. The average Bonchev–Trinajstić information content (AvgIpc) is 3.16. The van der Waals surface area contributed by atoms with Crippen LogP contribution in [0.5, 0.6) is 5.75 Å². The summed E-state index contributed by atoms with van der Waals surface area (Å²) in [5.41, 5.74) is 2.20. The third kappa shape index (κ3) is 4.05. The van der Waals surface area contributed by atoms with Gasteiger partial charge in [-0.25, -0.2) is 4.98 Å². The van der Waals surface area contributed by atoms with Crippen molar-refractivity contribution in [3.8, 4) is 11.4 Å². The highest BCUT2D eigenvalue weighted by Crippen LogP contribution is 2.30. The van der Waals surface area contributed by atoms with Gasteiger partial charge in [-0.05, 0) is 42.7 Å². The zero-order valence-electron chi connectivity index (χ0n) is 17.2. The van der Waals surface area contributed by atoms with Crippen LogP contribution in [0.2, 0.25) is 10.0 Å². The van der Waals surface area contributed by atoms with E-state index in [9.17, 15) is 4.79 Å². The molecule has 0 aliphatic carbocycles. The van der Waals surface area contributed by atoms with Crippen molar-refractivity contribution in [2.75, 3.05) is 6.61 Å². The van der Waals surface area contributed by atoms with Crippen molar-refractivity contribution in [3.05, 3.63) is 86.9 Å². The molecule has 4 aromatic rings. The first-order valence-corrected chi connectivity index (χ1v) is 10.6. The van der Waals surface area contributed by atoms with Crippen LogP contribution in [-0.4, -0.2) is 26.4 Å². The molecule has 0 saturated carbocycles. The number of benzene rings is 2. The van der Waals surface area contributed by atoms with Crippen molar-refractivity contribution in [1.82, 2.24) is 19.7 Å². The van der Waals surface area contributed by atoms with E-state index in [0.717, 1.165) is 11.3 Å². The molecule has 2 aromatic heterocycles. The summed E-state index contributed by atoms with van der Waals surface area (Å²) >= 11 is 13.0. The maximum absolute atomic E-state index is 13.7. The minimum absolute atomic E-state index is 0.0462. The topological polar surface area (TPSA) is 72.8 Å². The Hall–Kier alpha value is -2.83. The number of para-hydroxylation sites is 1.